The number of amides is 1. The number of hydrogen-bond acceptors (Lipinski definition) is 6. The van der Waals surface area contributed by atoms with Crippen molar-refractivity contribution in [3.63, 3.8) is 0 Å². The molecular weight excluding hydrogens is 362 g/mol. The van der Waals surface area contributed by atoms with E-state index in [2.05, 4.69) is 5.32 Å². The third-order valence-corrected chi connectivity index (χ3v) is 3.44. The predicted octanol–water partition coefficient (Wildman–Crippen LogP) is 3.60. The molecule has 0 unspecified atom stereocenters. The molecule has 0 spiro atoms. The Morgan fingerprint density at radius 3 is 2.29 bits per heavy atom. The monoisotopic (exact) mass is 393 g/mol. The van der Waals surface area contributed by atoms with Crippen molar-refractivity contribution in [3.8, 4) is 0 Å². The lowest BCUT2D eigenvalue weighted by Gasteiger charge is -2.20. The van der Waals surface area contributed by atoms with Gasteiger partial charge < -0.3 is 19.5 Å². The third-order valence-electron chi connectivity index (χ3n) is 3.44. The van der Waals surface area contributed by atoms with E-state index in [4.69, 9.17) is 14.2 Å². The maximum atomic E-state index is 12.3. The molecule has 7 heteroatoms. The van der Waals surface area contributed by atoms with Gasteiger partial charge in [0.25, 0.3) is 0 Å². The van der Waals surface area contributed by atoms with Crippen molar-refractivity contribution in [2.24, 2.45) is 5.92 Å². The summed E-state index contributed by atoms with van der Waals surface area (Å²) in [6.45, 7) is 9.27. The zero-order valence-corrected chi connectivity index (χ0v) is 17.3. The van der Waals surface area contributed by atoms with Crippen LogP contribution in [0.25, 0.3) is 0 Å². The molecular formula is C21H31NO6. The number of nitrogens with one attached hydrogen (secondary N) is 1. The van der Waals surface area contributed by atoms with Gasteiger partial charge in [-0.25, -0.2) is 9.59 Å². The summed E-state index contributed by atoms with van der Waals surface area (Å²) in [4.78, 5) is 36.0. The zero-order valence-electron chi connectivity index (χ0n) is 17.3. The van der Waals surface area contributed by atoms with Crippen molar-refractivity contribution in [2.75, 3.05) is 6.54 Å². The van der Waals surface area contributed by atoms with E-state index in [-0.39, 0.29) is 25.5 Å². The standard InChI is InChI=1S/C21H31NO6/c1-15(2)13-17(19(24)26-14-16-9-7-6-8-10-16)27-18(23)11-12-22-20(25)28-21(3,4)5/h6-10,15,17H,11-14H2,1-5H3,(H,22,25)/t17-/m1/s1. The molecule has 1 aromatic rings. The summed E-state index contributed by atoms with van der Waals surface area (Å²) in [5.74, 6) is -1.02. The van der Waals surface area contributed by atoms with Gasteiger partial charge >= 0.3 is 18.0 Å². The van der Waals surface area contributed by atoms with Gasteiger partial charge in [-0.2, -0.15) is 0 Å². The van der Waals surface area contributed by atoms with E-state index in [1.54, 1.807) is 20.8 Å². The molecule has 0 saturated carbocycles. The van der Waals surface area contributed by atoms with Crippen molar-refractivity contribution in [1.29, 1.82) is 0 Å². The molecule has 28 heavy (non-hydrogen) atoms. The molecule has 0 bridgehead atoms. The Bertz CT molecular complexity index is 636. The second kappa shape index (κ2) is 11.3. The number of carbonyl (C=O) groups excluding carboxylic acids is 3. The van der Waals surface area contributed by atoms with Crippen LogP contribution in [0, 0.1) is 5.92 Å². The van der Waals surface area contributed by atoms with Crippen molar-refractivity contribution in [3.05, 3.63) is 35.9 Å². The van der Waals surface area contributed by atoms with Gasteiger partial charge in [0.1, 0.15) is 12.2 Å². The third kappa shape index (κ3) is 10.5. The van der Waals surface area contributed by atoms with Gasteiger partial charge in [0.15, 0.2) is 6.10 Å². The average molecular weight is 393 g/mol. The van der Waals surface area contributed by atoms with E-state index in [1.165, 1.54) is 0 Å². The number of carbonyl (C=O) groups is 3. The van der Waals surface area contributed by atoms with Crippen LogP contribution in [0.3, 0.4) is 0 Å². The van der Waals surface area contributed by atoms with Gasteiger partial charge in [-0.05, 0) is 38.7 Å². The van der Waals surface area contributed by atoms with E-state index in [0.29, 0.717) is 6.42 Å². The van der Waals surface area contributed by atoms with Crippen LogP contribution < -0.4 is 5.32 Å². The van der Waals surface area contributed by atoms with Crippen LogP contribution in [0.4, 0.5) is 4.79 Å². The molecule has 1 rings (SSSR count). The molecule has 0 saturated heterocycles. The molecule has 0 radical (unpaired) electrons. The van der Waals surface area contributed by atoms with E-state index in [0.717, 1.165) is 5.56 Å². The molecule has 0 aliphatic carbocycles. The molecule has 0 fully saturated rings. The van der Waals surface area contributed by atoms with Crippen molar-refractivity contribution >= 4 is 18.0 Å². The summed E-state index contributed by atoms with van der Waals surface area (Å²) in [6.07, 6.45) is -1.29. The van der Waals surface area contributed by atoms with Crippen LogP contribution in [-0.2, 0) is 30.4 Å². The molecule has 0 aliphatic rings. The summed E-state index contributed by atoms with van der Waals surface area (Å²) in [7, 11) is 0. The Balaban J connectivity index is 2.47. The van der Waals surface area contributed by atoms with Crippen LogP contribution in [0.5, 0.6) is 0 Å². The van der Waals surface area contributed by atoms with Crippen LogP contribution in [-0.4, -0.2) is 36.3 Å². The van der Waals surface area contributed by atoms with Gasteiger partial charge in [-0.3, -0.25) is 4.79 Å². The lowest BCUT2D eigenvalue weighted by Crippen LogP contribution is -2.35. The van der Waals surface area contributed by atoms with Crippen LogP contribution in [0.15, 0.2) is 30.3 Å². The number of hydrogen-bond donors (Lipinski definition) is 1. The first-order chi connectivity index (χ1) is 13.1. The largest absolute Gasteiger partial charge is 0.458 e. The zero-order chi connectivity index (χ0) is 21.2. The Kier molecular flexibility index (Phi) is 9.48. The minimum Gasteiger partial charge on any atom is -0.458 e. The van der Waals surface area contributed by atoms with E-state index < -0.39 is 29.7 Å². The van der Waals surface area contributed by atoms with Crippen LogP contribution in [0.2, 0.25) is 0 Å². The second-order valence-corrected chi connectivity index (χ2v) is 7.88. The maximum absolute atomic E-state index is 12.3. The lowest BCUT2D eigenvalue weighted by atomic mass is 10.1. The van der Waals surface area contributed by atoms with E-state index >= 15 is 0 Å². The highest BCUT2D eigenvalue weighted by Crippen LogP contribution is 2.13. The van der Waals surface area contributed by atoms with Gasteiger partial charge in [0, 0.05) is 6.54 Å². The number of esters is 2. The molecule has 0 heterocycles. The normalized spacial score (nSPS) is 12.2. The topological polar surface area (TPSA) is 90.9 Å². The summed E-state index contributed by atoms with van der Waals surface area (Å²) in [5.41, 5.74) is 0.238. The number of ether oxygens (including phenoxy) is 3. The molecule has 0 aliphatic heterocycles. The van der Waals surface area contributed by atoms with Crippen molar-refractivity contribution in [2.45, 2.75) is 65.8 Å². The van der Waals surface area contributed by atoms with Gasteiger partial charge in [0.2, 0.25) is 0 Å². The molecule has 1 N–H and O–H groups in total. The number of rotatable bonds is 9. The molecule has 1 amide bonds. The Hall–Kier alpha value is -2.57. The first-order valence-corrected chi connectivity index (χ1v) is 9.43. The highest BCUT2D eigenvalue weighted by atomic mass is 16.6. The molecule has 1 aromatic carbocycles. The van der Waals surface area contributed by atoms with Crippen molar-refractivity contribution < 1.29 is 28.6 Å². The van der Waals surface area contributed by atoms with Gasteiger partial charge in [-0.15, -0.1) is 0 Å². The summed E-state index contributed by atoms with van der Waals surface area (Å²) in [5, 5.41) is 2.48. The van der Waals surface area contributed by atoms with Gasteiger partial charge in [-0.1, -0.05) is 44.2 Å². The fourth-order valence-electron chi connectivity index (χ4n) is 2.24. The highest BCUT2D eigenvalue weighted by Gasteiger charge is 2.26. The van der Waals surface area contributed by atoms with Crippen LogP contribution in [0.1, 0.15) is 53.0 Å². The lowest BCUT2D eigenvalue weighted by molar-refractivity contribution is -0.169. The van der Waals surface area contributed by atoms with E-state index in [1.807, 2.05) is 44.2 Å². The van der Waals surface area contributed by atoms with Gasteiger partial charge in [0.05, 0.1) is 6.42 Å². The quantitative estimate of drug-likeness (QED) is 0.509. The average Bonchev–Trinajstić information content (AvgIpc) is 2.58. The summed E-state index contributed by atoms with van der Waals surface area (Å²) in [6, 6.07) is 9.27. The SMILES string of the molecule is CC(C)C[C@@H](OC(=O)CCNC(=O)OC(C)(C)C)C(=O)OCc1ccccc1. The van der Waals surface area contributed by atoms with E-state index in [9.17, 15) is 14.4 Å². The smallest absolute Gasteiger partial charge is 0.407 e. The Morgan fingerprint density at radius 2 is 1.71 bits per heavy atom. The number of benzene rings is 1. The Labute approximate surface area is 166 Å². The number of alkyl carbamates (subject to hydrolysis) is 1. The minimum atomic E-state index is -0.974. The minimum absolute atomic E-state index is 0.0568. The summed E-state index contributed by atoms with van der Waals surface area (Å²) < 4.78 is 15.7. The molecule has 0 aromatic heterocycles. The second-order valence-electron chi connectivity index (χ2n) is 7.88. The fourth-order valence-corrected chi connectivity index (χ4v) is 2.24. The first kappa shape index (κ1) is 23.5. The maximum Gasteiger partial charge on any atom is 0.407 e. The van der Waals surface area contributed by atoms with Crippen molar-refractivity contribution in [1.82, 2.24) is 5.32 Å². The predicted molar refractivity (Wildman–Crippen MR) is 104 cm³/mol. The summed E-state index contributed by atoms with van der Waals surface area (Å²) >= 11 is 0. The molecule has 156 valence electrons. The Morgan fingerprint density at radius 1 is 1.07 bits per heavy atom. The first-order valence-electron chi connectivity index (χ1n) is 9.43. The fraction of sp³-hybridized carbons (Fsp3) is 0.571. The molecule has 7 nitrogen and oxygen atoms in total. The highest BCUT2D eigenvalue weighted by molar-refractivity contribution is 5.79. The van der Waals surface area contributed by atoms with Crippen LogP contribution >= 0.6 is 0 Å². The molecule has 1 atom stereocenters.